The molecule has 1 fully saturated rings. The number of benzene rings is 2. The number of rotatable bonds is 8. The molecule has 0 unspecified atom stereocenters. The topological polar surface area (TPSA) is 48.5 Å². The molecule has 1 aliphatic heterocycles. The molecule has 1 saturated heterocycles. The Balaban J connectivity index is 0.00000289. The van der Waals surface area contributed by atoms with E-state index in [0.29, 0.717) is 6.54 Å². The van der Waals surface area contributed by atoms with E-state index in [1.165, 1.54) is 15.2 Å². The largest absolute Gasteiger partial charge is 0.351 e. The second kappa shape index (κ2) is 11.9. The van der Waals surface area contributed by atoms with Gasteiger partial charge in [-0.3, -0.25) is 9.69 Å². The molecular weight excluding hydrogens is 460 g/mol. The fourth-order valence-electron chi connectivity index (χ4n) is 3.77. The lowest BCUT2D eigenvalue weighted by Gasteiger charge is -2.34. The standard InChI is InChI=1S/C24H30N4OS2.ClH/c1-3-18-5-10-21-22(17-18)31-24(26-21)28-15-13-27(14-16-28)12-11-25-23(29)19-6-8-20(9-7-19)30-4-2;/h5-10,17H,3-4,11-16H2,1-2H3,(H,25,29);1H. The third-order valence-corrected chi connectivity index (χ3v) is 7.61. The van der Waals surface area contributed by atoms with Crippen LogP contribution in [0.3, 0.4) is 0 Å². The van der Waals surface area contributed by atoms with E-state index in [4.69, 9.17) is 4.98 Å². The van der Waals surface area contributed by atoms with Gasteiger partial charge in [-0.1, -0.05) is 31.3 Å². The molecule has 0 saturated carbocycles. The zero-order valence-corrected chi connectivity index (χ0v) is 21.1. The van der Waals surface area contributed by atoms with Gasteiger partial charge < -0.3 is 10.2 Å². The molecule has 5 nitrogen and oxygen atoms in total. The van der Waals surface area contributed by atoms with Crippen molar-refractivity contribution in [2.75, 3.05) is 49.9 Å². The number of nitrogens with zero attached hydrogens (tertiary/aromatic N) is 3. The first-order chi connectivity index (χ1) is 15.2. The number of hydrogen-bond acceptors (Lipinski definition) is 6. The first-order valence-corrected chi connectivity index (χ1v) is 12.8. The van der Waals surface area contributed by atoms with Crippen LogP contribution in [0.1, 0.15) is 29.8 Å². The molecule has 1 aromatic heterocycles. The summed E-state index contributed by atoms with van der Waals surface area (Å²) in [6.45, 7) is 9.81. The number of thiazole rings is 1. The molecule has 0 atom stereocenters. The predicted octanol–water partition coefficient (Wildman–Crippen LogP) is 4.94. The van der Waals surface area contributed by atoms with Gasteiger partial charge in [0.2, 0.25) is 0 Å². The highest BCUT2D eigenvalue weighted by Gasteiger charge is 2.20. The number of carbonyl (C=O) groups excluding carboxylic acids is 1. The Hall–Kier alpha value is -1.80. The first kappa shape index (κ1) is 24.8. The minimum Gasteiger partial charge on any atom is -0.351 e. The lowest BCUT2D eigenvalue weighted by molar-refractivity contribution is 0.0947. The summed E-state index contributed by atoms with van der Waals surface area (Å²) in [4.78, 5) is 23.2. The summed E-state index contributed by atoms with van der Waals surface area (Å²) in [7, 11) is 0. The Morgan fingerprint density at radius 1 is 1.09 bits per heavy atom. The molecular formula is C24H31ClN4OS2. The fraction of sp³-hybridized carbons (Fsp3) is 0.417. The van der Waals surface area contributed by atoms with Gasteiger partial charge in [-0.15, -0.1) is 24.2 Å². The maximum Gasteiger partial charge on any atom is 0.251 e. The second-order valence-corrected chi connectivity index (χ2v) is 10.0. The minimum atomic E-state index is 0. The van der Waals surface area contributed by atoms with Gasteiger partial charge in [-0.2, -0.15) is 0 Å². The quantitative estimate of drug-likeness (QED) is 0.453. The van der Waals surface area contributed by atoms with Gasteiger partial charge in [0.25, 0.3) is 5.91 Å². The monoisotopic (exact) mass is 490 g/mol. The molecule has 172 valence electrons. The molecule has 32 heavy (non-hydrogen) atoms. The highest BCUT2D eigenvalue weighted by Crippen LogP contribution is 2.30. The molecule has 1 amide bonds. The van der Waals surface area contributed by atoms with Gasteiger partial charge >= 0.3 is 0 Å². The number of fused-ring (bicyclic) bond motifs is 1. The van der Waals surface area contributed by atoms with Crippen molar-refractivity contribution in [3.63, 3.8) is 0 Å². The van der Waals surface area contributed by atoms with Gasteiger partial charge in [0, 0.05) is 49.7 Å². The number of carbonyl (C=O) groups is 1. The van der Waals surface area contributed by atoms with Gasteiger partial charge in [-0.05, 0) is 54.1 Å². The summed E-state index contributed by atoms with van der Waals surface area (Å²) in [5, 5.41) is 4.18. The van der Waals surface area contributed by atoms with Crippen LogP contribution in [-0.4, -0.2) is 60.8 Å². The van der Waals surface area contributed by atoms with Gasteiger partial charge in [0.1, 0.15) is 0 Å². The lowest BCUT2D eigenvalue weighted by atomic mass is 10.2. The Morgan fingerprint density at radius 3 is 2.53 bits per heavy atom. The summed E-state index contributed by atoms with van der Waals surface area (Å²) < 4.78 is 1.28. The number of nitrogens with one attached hydrogen (secondary N) is 1. The van der Waals surface area contributed by atoms with Gasteiger partial charge in [0.05, 0.1) is 10.2 Å². The van der Waals surface area contributed by atoms with E-state index < -0.39 is 0 Å². The van der Waals surface area contributed by atoms with Crippen LogP contribution < -0.4 is 10.2 Å². The molecule has 0 aliphatic carbocycles. The van der Waals surface area contributed by atoms with Crippen LogP contribution in [0.25, 0.3) is 10.2 Å². The average Bonchev–Trinajstić information content (AvgIpc) is 3.23. The summed E-state index contributed by atoms with van der Waals surface area (Å²) in [5.74, 6) is 1.05. The fourth-order valence-corrected chi connectivity index (χ4v) is 5.52. The number of aryl methyl sites for hydroxylation is 1. The molecule has 0 bridgehead atoms. The lowest BCUT2D eigenvalue weighted by Crippen LogP contribution is -2.48. The van der Waals surface area contributed by atoms with Crippen LogP contribution in [-0.2, 0) is 6.42 Å². The van der Waals surface area contributed by atoms with Crippen molar-refractivity contribution in [2.24, 2.45) is 0 Å². The Morgan fingerprint density at radius 2 is 1.84 bits per heavy atom. The summed E-state index contributed by atoms with van der Waals surface area (Å²) in [6.07, 6.45) is 1.06. The molecule has 2 aromatic carbocycles. The molecule has 2 heterocycles. The van der Waals surface area contributed by atoms with Crippen molar-refractivity contribution in [3.8, 4) is 0 Å². The normalized spacial score (nSPS) is 14.4. The van der Waals surface area contributed by atoms with Crippen LogP contribution >= 0.6 is 35.5 Å². The van der Waals surface area contributed by atoms with E-state index in [2.05, 4.69) is 47.2 Å². The number of anilines is 1. The zero-order valence-electron chi connectivity index (χ0n) is 18.7. The van der Waals surface area contributed by atoms with Crippen molar-refractivity contribution >= 4 is 56.8 Å². The second-order valence-electron chi connectivity index (χ2n) is 7.69. The molecule has 8 heteroatoms. The van der Waals surface area contributed by atoms with Crippen molar-refractivity contribution in [2.45, 2.75) is 25.2 Å². The number of piperazine rings is 1. The SMILES string of the molecule is CCSc1ccc(C(=O)NCCN2CCN(c3nc4ccc(CC)cc4s3)CC2)cc1.Cl. The number of amides is 1. The highest BCUT2D eigenvalue weighted by molar-refractivity contribution is 7.99. The van der Waals surface area contributed by atoms with Crippen molar-refractivity contribution in [1.29, 1.82) is 0 Å². The van der Waals surface area contributed by atoms with Crippen LogP contribution in [0.4, 0.5) is 5.13 Å². The molecule has 0 spiro atoms. The van der Waals surface area contributed by atoms with Crippen LogP contribution in [0.5, 0.6) is 0 Å². The van der Waals surface area contributed by atoms with Crippen LogP contribution in [0, 0.1) is 0 Å². The van der Waals surface area contributed by atoms with Crippen molar-refractivity contribution < 1.29 is 4.79 Å². The number of thioether (sulfide) groups is 1. The number of hydrogen-bond donors (Lipinski definition) is 1. The smallest absolute Gasteiger partial charge is 0.251 e. The van der Waals surface area contributed by atoms with E-state index in [1.54, 1.807) is 23.1 Å². The molecule has 3 aromatic rings. The summed E-state index contributed by atoms with van der Waals surface area (Å²) in [5.41, 5.74) is 3.20. The third kappa shape index (κ3) is 6.16. The van der Waals surface area contributed by atoms with Crippen molar-refractivity contribution in [3.05, 3.63) is 53.6 Å². The first-order valence-electron chi connectivity index (χ1n) is 11.0. The maximum absolute atomic E-state index is 12.4. The zero-order chi connectivity index (χ0) is 21.6. The highest BCUT2D eigenvalue weighted by atomic mass is 35.5. The Labute approximate surface area is 205 Å². The maximum atomic E-state index is 12.4. The molecule has 1 N–H and O–H groups in total. The summed E-state index contributed by atoms with van der Waals surface area (Å²) >= 11 is 3.58. The van der Waals surface area contributed by atoms with Gasteiger partial charge in [0.15, 0.2) is 5.13 Å². The van der Waals surface area contributed by atoms with E-state index in [0.717, 1.165) is 61.1 Å². The van der Waals surface area contributed by atoms with Crippen LogP contribution in [0.2, 0.25) is 0 Å². The van der Waals surface area contributed by atoms with Gasteiger partial charge in [-0.25, -0.2) is 4.98 Å². The van der Waals surface area contributed by atoms with E-state index in [9.17, 15) is 4.79 Å². The van der Waals surface area contributed by atoms with Crippen LogP contribution in [0.15, 0.2) is 47.4 Å². The number of aromatic nitrogens is 1. The molecule has 1 aliphatic rings. The molecule has 4 rings (SSSR count). The van der Waals surface area contributed by atoms with E-state index >= 15 is 0 Å². The Kier molecular flexibility index (Phi) is 9.22. The predicted molar refractivity (Wildman–Crippen MR) is 140 cm³/mol. The van der Waals surface area contributed by atoms with E-state index in [1.807, 2.05) is 24.3 Å². The third-order valence-electron chi connectivity index (χ3n) is 5.63. The minimum absolute atomic E-state index is 0. The number of halogens is 1. The molecule has 0 radical (unpaired) electrons. The Bertz CT molecular complexity index is 1020. The van der Waals surface area contributed by atoms with E-state index in [-0.39, 0.29) is 18.3 Å². The van der Waals surface area contributed by atoms with Crippen molar-refractivity contribution in [1.82, 2.24) is 15.2 Å². The average molecular weight is 491 g/mol. The summed E-state index contributed by atoms with van der Waals surface area (Å²) in [6, 6.07) is 14.5.